The van der Waals surface area contributed by atoms with Crippen molar-refractivity contribution < 1.29 is 4.79 Å². The molecular weight excluding hydrogens is 391 g/mol. The van der Waals surface area contributed by atoms with Crippen molar-refractivity contribution in [1.29, 1.82) is 0 Å². The summed E-state index contributed by atoms with van der Waals surface area (Å²) in [6.45, 7) is 0.258. The summed E-state index contributed by atoms with van der Waals surface area (Å²) in [5, 5.41) is 10.1. The molecule has 5 nitrogen and oxygen atoms in total. The van der Waals surface area contributed by atoms with E-state index in [0.29, 0.717) is 26.4 Å². The largest absolute Gasteiger partial charge is 0.364 e. The van der Waals surface area contributed by atoms with Gasteiger partial charge in [-0.3, -0.25) is 4.79 Å². The van der Waals surface area contributed by atoms with E-state index in [0.717, 1.165) is 11.3 Å². The van der Waals surface area contributed by atoms with Crippen molar-refractivity contribution >= 4 is 57.8 Å². The average Bonchev–Trinajstić information content (AvgIpc) is 2.89. The molecule has 0 aromatic heterocycles. The third-order valence-corrected chi connectivity index (χ3v) is 5.21. The highest BCUT2D eigenvalue weighted by molar-refractivity contribution is 7.80. The number of carbonyl (C=O) groups is 1. The normalized spacial score (nSPS) is 14.5. The zero-order valence-corrected chi connectivity index (χ0v) is 16.5. The molecule has 0 saturated carbocycles. The van der Waals surface area contributed by atoms with E-state index in [1.54, 1.807) is 37.2 Å². The molecule has 0 bridgehead atoms. The van der Waals surface area contributed by atoms with Gasteiger partial charge >= 0.3 is 0 Å². The maximum Gasteiger partial charge on any atom is 0.279 e. The molecule has 26 heavy (non-hydrogen) atoms. The first-order valence-electron chi connectivity index (χ1n) is 7.82. The Hall–Kier alpha value is -2.15. The van der Waals surface area contributed by atoms with Gasteiger partial charge in [-0.1, -0.05) is 47.5 Å². The first kappa shape index (κ1) is 18.6. The number of anilines is 1. The maximum absolute atomic E-state index is 13.1. The van der Waals surface area contributed by atoms with Crippen LogP contribution in [-0.2, 0) is 11.3 Å². The van der Waals surface area contributed by atoms with Crippen molar-refractivity contribution in [2.75, 3.05) is 19.0 Å². The summed E-state index contributed by atoms with van der Waals surface area (Å²) in [6.07, 6.45) is 0. The van der Waals surface area contributed by atoms with Gasteiger partial charge in [-0.25, -0.2) is 5.01 Å². The molecule has 0 aliphatic carbocycles. The van der Waals surface area contributed by atoms with E-state index in [2.05, 4.69) is 10.4 Å². The topological polar surface area (TPSA) is 47.9 Å². The van der Waals surface area contributed by atoms with Gasteiger partial charge in [0.05, 0.1) is 12.2 Å². The smallest absolute Gasteiger partial charge is 0.279 e. The Labute approximate surface area is 167 Å². The molecule has 1 amide bonds. The van der Waals surface area contributed by atoms with Crippen molar-refractivity contribution in [3.63, 3.8) is 0 Å². The number of halogens is 2. The second-order valence-electron chi connectivity index (χ2n) is 5.64. The fourth-order valence-corrected chi connectivity index (χ4v) is 3.27. The van der Waals surface area contributed by atoms with E-state index in [1.165, 1.54) is 5.01 Å². The molecule has 0 unspecified atom stereocenters. The summed E-state index contributed by atoms with van der Waals surface area (Å²) in [5.41, 5.74) is 2.52. The van der Waals surface area contributed by atoms with E-state index in [9.17, 15) is 4.79 Å². The third-order valence-electron chi connectivity index (χ3n) is 4.03. The lowest BCUT2D eigenvalue weighted by molar-refractivity contribution is -0.112. The fraction of sp³-hybridized carbons (Fsp3) is 0.167. The van der Waals surface area contributed by atoms with Crippen LogP contribution in [0.25, 0.3) is 0 Å². The maximum atomic E-state index is 13.1. The molecule has 0 radical (unpaired) electrons. The van der Waals surface area contributed by atoms with Crippen molar-refractivity contribution in [1.82, 2.24) is 10.3 Å². The number of carbonyl (C=O) groups excluding carboxylic acids is 1. The lowest BCUT2D eigenvalue weighted by atomic mass is 10.1. The van der Waals surface area contributed by atoms with Crippen molar-refractivity contribution in [3.8, 4) is 0 Å². The summed E-state index contributed by atoms with van der Waals surface area (Å²) < 4.78 is 0. The highest BCUT2D eigenvalue weighted by Crippen LogP contribution is 2.34. The minimum Gasteiger partial charge on any atom is -0.364 e. The van der Waals surface area contributed by atoms with Gasteiger partial charge < -0.3 is 10.2 Å². The fourth-order valence-electron chi connectivity index (χ4n) is 2.71. The summed E-state index contributed by atoms with van der Waals surface area (Å²) in [5.74, 6) is -0.229. The van der Waals surface area contributed by atoms with Crippen LogP contribution in [0.2, 0.25) is 10.0 Å². The molecule has 0 fully saturated rings. The molecule has 1 N–H and O–H groups in total. The Morgan fingerprint density at radius 3 is 2.50 bits per heavy atom. The quantitative estimate of drug-likeness (QED) is 0.623. The number of hydrazone groups is 1. The van der Waals surface area contributed by atoms with E-state index in [-0.39, 0.29) is 12.5 Å². The van der Waals surface area contributed by atoms with Gasteiger partial charge in [0.25, 0.3) is 5.91 Å². The summed E-state index contributed by atoms with van der Waals surface area (Å²) in [6, 6.07) is 12.7. The van der Waals surface area contributed by atoms with Crippen LogP contribution in [0.15, 0.2) is 47.6 Å². The van der Waals surface area contributed by atoms with Crippen molar-refractivity contribution in [2.45, 2.75) is 6.54 Å². The molecule has 3 rings (SSSR count). The number of hydrogen-bond donors (Lipinski definition) is 1. The Balaban J connectivity index is 2.02. The number of para-hydroxylation sites is 1. The second kappa shape index (κ2) is 7.61. The molecule has 1 aliphatic heterocycles. The lowest BCUT2D eigenvalue weighted by Gasteiger charge is -2.19. The van der Waals surface area contributed by atoms with E-state index in [1.807, 2.05) is 24.3 Å². The minimum atomic E-state index is -0.229. The lowest BCUT2D eigenvalue weighted by Crippen LogP contribution is -2.34. The van der Waals surface area contributed by atoms with Gasteiger partial charge in [-0.05, 0) is 30.4 Å². The van der Waals surface area contributed by atoms with Gasteiger partial charge in [0.2, 0.25) is 0 Å². The van der Waals surface area contributed by atoms with Crippen molar-refractivity contribution in [2.24, 2.45) is 5.10 Å². The molecule has 0 saturated heterocycles. The van der Waals surface area contributed by atoms with Crippen LogP contribution < -0.4 is 10.2 Å². The van der Waals surface area contributed by atoms with Gasteiger partial charge in [0.15, 0.2) is 10.8 Å². The number of benzene rings is 2. The number of rotatable bonds is 3. The Bertz CT molecular complexity index is 896. The standard InChI is InChI=1S/C18H16Cl2N4OS/c1-21-18(26)23(2)22-16-11-6-3-4-9-15(11)24(17(16)25)10-12-13(19)7-5-8-14(12)20/h3-9H,10H2,1-2H3,(H,21,26). The Kier molecular flexibility index (Phi) is 5.46. The molecule has 2 aromatic rings. The van der Waals surface area contributed by atoms with Crippen LogP contribution in [0.5, 0.6) is 0 Å². The Morgan fingerprint density at radius 1 is 1.19 bits per heavy atom. The van der Waals surface area contributed by atoms with Gasteiger partial charge in [-0.2, -0.15) is 5.10 Å². The molecule has 1 aliphatic rings. The number of fused-ring (bicyclic) bond motifs is 1. The molecule has 1 heterocycles. The molecule has 0 atom stereocenters. The average molecular weight is 407 g/mol. The van der Waals surface area contributed by atoms with Gasteiger partial charge in [0.1, 0.15) is 0 Å². The predicted molar refractivity (Wildman–Crippen MR) is 110 cm³/mol. The minimum absolute atomic E-state index is 0.229. The third kappa shape index (κ3) is 3.40. The van der Waals surface area contributed by atoms with Crippen LogP contribution in [0.3, 0.4) is 0 Å². The second-order valence-corrected chi connectivity index (χ2v) is 6.84. The van der Waals surface area contributed by atoms with Crippen LogP contribution in [0, 0.1) is 0 Å². The van der Waals surface area contributed by atoms with Crippen LogP contribution in [-0.4, -0.2) is 35.8 Å². The summed E-state index contributed by atoms with van der Waals surface area (Å²) in [4.78, 5) is 14.7. The van der Waals surface area contributed by atoms with E-state index < -0.39 is 0 Å². The number of thiocarbonyl (C=S) groups is 1. The van der Waals surface area contributed by atoms with Gasteiger partial charge in [-0.15, -0.1) is 0 Å². The van der Waals surface area contributed by atoms with Crippen LogP contribution >= 0.6 is 35.4 Å². The van der Waals surface area contributed by atoms with Gasteiger partial charge in [0, 0.05) is 35.3 Å². The highest BCUT2D eigenvalue weighted by atomic mass is 35.5. The van der Waals surface area contributed by atoms with Crippen LogP contribution in [0.4, 0.5) is 5.69 Å². The van der Waals surface area contributed by atoms with E-state index in [4.69, 9.17) is 35.4 Å². The SMILES string of the molecule is CNC(=S)N(C)N=C1C(=O)N(Cc2c(Cl)cccc2Cl)c2ccccc21. The molecule has 2 aromatic carbocycles. The zero-order valence-electron chi connectivity index (χ0n) is 14.2. The first-order valence-corrected chi connectivity index (χ1v) is 8.98. The van der Waals surface area contributed by atoms with E-state index >= 15 is 0 Å². The molecule has 8 heteroatoms. The summed E-state index contributed by atoms with van der Waals surface area (Å²) in [7, 11) is 3.39. The van der Waals surface area contributed by atoms with Crippen molar-refractivity contribution in [3.05, 3.63) is 63.6 Å². The number of nitrogens with one attached hydrogen (secondary N) is 1. The predicted octanol–water partition coefficient (Wildman–Crippen LogP) is 3.68. The Morgan fingerprint density at radius 2 is 1.85 bits per heavy atom. The first-order chi connectivity index (χ1) is 12.4. The zero-order chi connectivity index (χ0) is 18.8. The molecular formula is C18H16Cl2N4OS. The number of nitrogens with zero attached hydrogens (tertiary/aromatic N) is 3. The number of hydrogen-bond acceptors (Lipinski definition) is 3. The molecule has 0 spiro atoms. The molecule has 134 valence electrons. The monoisotopic (exact) mass is 406 g/mol. The van der Waals surface area contributed by atoms with Crippen LogP contribution in [0.1, 0.15) is 11.1 Å². The highest BCUT2D eigenvalue weighted by Gasteiger charge is 2.35. The summed E-state index contributed by atoms with van der Waals surface area (Å²) >= 11 is 17.7. The number of amides is 1.